The molecule has 1 heterocycles. The van der Waals surface area contributed by atoms with Crippen LogP contribution < -0.4 is 11.1 Å². The van der Waals surface area contributed by atoms with E-state index in [2.05, 4.69) is 10.2 Å². The Kier molecular flexibility index (Phi) is 22.0. The van der Waals surface area contributed by atoms with Crippen molar-refractivity contribution in [2.75, 3.05) is 97.1 Å². The number of nitrogens with two attached hydrogens (primary N) is 1. The van der Waals surface area contributed by atoms with Crippen molar-refractivity contribution in [3.05, 3.63) is 0 Å². The Labute approximate surface area is 236 Å². The zero-order valence-corrected chi connectivity index (χ0v) is 23.9. The van der Waals surface area contributed by atoms with E-state index in [0.717, 1.165) is 19.6 Å². The molecule has 0 aliphatic carbocycles. The van der Waals surface area contributed by atoms with Crippen molar-refractivity contribution in [3.63, 3.8) is 0 Å². The number of ether oxygens (including phenoxy) is 4. The molecule has 1 saturated heterocycles. The van der Waals surface area contributed by atoms with Crippen LogP contribution in [0.2, 0.25) is 0 Å². The summed E-state index contributed by atoms with van der Waals surface area (Å²) in [4.78, 5) is 47.9. The average molecular weight is 578 g/mol. The van der Waals surface area contributed by atoms with Crippen LogP contribution in [0.5, 0.6) is 0 Å². The first-order chi connectivity index (χ1) is 18.9. The third-order valence-corrected chi connectivity index (χ3v) is 7.03. The molecule has 1 aliphatic rings. The molecule has 39 heavy (non-hydrogen) atoms. The van der Waals surface area contributed by atoms with E-state index < -0.39 is 5.97 Å². The number of piperidine rings is 1. The van der Waals surface area contributed by atoms with Gasteiger partial charge in [0.25, 0.3) is 0 Å². The number of hydrogen-bond donors (Lipinski definition) is 3. The van der Waals surface area contributed by atoms with Crippen LogP contribution >= 0.6 is 11.8 Å². The van der Waals surface area contributed by atoms with Gasteiger partial charge in [-0.25, -0.2) is 0 Å². The second kappa shape index (κ2) is 24.2. The number of thioether (sulfide) groups is 1. The van der Waals surface area contributed by atoms with Gasteiger partial charge in [-0.3, -0.25) is 19.2 Å². The number of likely N-dealkylation sites (tertiary alicyclic amines) is 1. The molecule has 0 saturated carbocycles. The highest BCUT2D eigenvalue weighted by Gasteiger charge is 2.23. The van der Waals surface area contributed by atoms with Crippen molar-refractivity contribution in [1.82, 2.24) is 10.2 Å². The van der Waals surface area contributed by atoms with E-state index in [-0.39, 0.29) is 29.9 Å². The Balaban J connectivity index is 1.77. The highest BCUT2D eigenvalue weighted by Crippen LogP contribution is 2.16. The minimum Gasteiger partial charge on any atom is -0.481 e. The predicted octanol–water partition coefficient (Wildman–Crippen LogP) is 0.356. The van der Waals surface area contributed by atoms with E-state index in [0.29, 0.717) is 109 Å². The molecule has 1 aliphatic heterocycles. The van der Waals surface area contributed by atoms with E-state index in [1.165, 1.54) is 11.8 Å². The summed E-state index contributed by atoms with van der Waals surface area (Å²) in [7, 11) is 0. The molecule has 0 atom stereocenters. The molecule has 226 valence electrons. The van der Waals surface area contributed by atoms with Gasteiger partial charge in [0, 0.05) is 38.1 Å². The second-order valence-corrected chi connectivity index (χ2v) is 10.3. The zero-order valence-electron chi connectivity index (χ0n) is 23.1. The average Bonchev–Trinajstić information content (AvgIpc) is 2.93. The van der Waals surface area contributed by atoms with Crippen LogP contribution in [-0.2, 0) is 38.1 Å². The molecule has 0 aromatic heterocycles. The molecule has 0 bridgehead atoms. The number of rotatable bonds is 26. The van der Waals surface area contributed by atoms with Crippen molar-refractivity contribution in [1.29, 1.82) is 0 Å². The van der Waals surface area contributed by atoms with Crippen molar-refractivity contribution in [2.24, 2.45) is 11.7 Å². The number of nitrogens with one attached hydrogen (secondary N) is 1. The van der Waals surface area contributed by atoms with Gasteiger partial charge < -0.3 is 40.0 Å². The fourth-order valence-corrected chi connectivity index (χ4v) is 4.49. The van der Waals surface area contributed by atoms with Gasteiger partial charge in [-0.05, 0) is 32.4 Å². The summed E-state index contributed by atoms with van der Waals surface area (Å²) in [6.45, 7) is 6.60. The lowest BCUT2D eigenvalue weighted by Crippen LogP contribution is -2.38. The van der Waals surface area contributed by atoms with E-state index >= 15 is 0 Å². The Morgan fingerprint density at radius 3 is 2.00 bits per heavy atom. The lowest BCUT2D eigenvalue weighted by Gasteiger charge is -2.29. The molecule has 1 rings (SSSR count). The van der Waals surface area contributed by atoms with Crippen LogP contribution in [-0.4, -0.2) is 131 Å². The van der Waals surface area contributed by atoms with Crippen LogP contribution in [0.4, 0.5) is 0 Å². The van der Waals surface area contributed by atoms with Gasteiger partial charge in [-0.2, -0.15) is 11.8 Å². The maximum atomic E-state index is 11.9. The van der Waals surface area contributed by atoms with E-state index in [1.807, 2.05) is 0 Å². The number of nitrogens with zero attached hydrogens (tertiary/aromatic N) is 1. The minimum atomic E-state index is -0.693. The smallest absolute Gasteiger partial charge is 0.306 e. The highest BCUT2D eigenvalue weighted by atomic mass is 32.2. The van der Waals surface area contributed by atoms with Crippen molar-refractivity contribution in [3.8, 4) is 0 Å². The molecule has 4 N–H and O–H groups in total. The number of amides is 1. The summed E-state index contributed by atoms with van der Waals surface area (Å²) >= 11 is 1.39. The number of aliphatic carboxylic acids is 1. The first-order valence-corrected chi connectivity index (χ1v) is 14.9. The maximum absolute atomic E-state index is 11.9. The topological polar surface area (TPSA) is 167 Å². The number of carboxylic acids is 1. The quantitative estimate of drug-likeness (QED) is 0.121. The first kappa shape index (κ1) is 35.4. The predicted molar refractivity (Wildman–Crippen MR) is 148 cm³/mol. The van der Waals surface area contributed by atoms with Gasteiger partial charge in [0.05, 0.1) is 71.1 Å². The van der Waals surface area contributed by atoms with Crippen molar-refractivity contribution < 1.29 is 43.2 Å². The number of carboxylic acid groups (broad SMARTS) is 1. The Morgan fingerprint density at radius 2 is 1.41 bits per heavy atom. The van der Waals surface area contributed by atoms with Crippen LogP contribution in [0.15, 0.2) is 0 Å². The molecule has 0 aromatic rings. The molecule has 0 spiro atoms. The van der Waals surface area contributed by atoms with Crippen LogP contribution in [0, 0.1) is 5.92 Å². The normalized spacial score (nSPS) is 14.4. The van der Waals surface area contributed by atoms with Gasteiger partial charge in [0.2, 0.25) is 5.91 Å². The monoisotopic (exact) mass is 577 g/mol. The van der Waals surface area contributed by atoms with Gasteiger partial charge in [0.1, 0.15) is 11.6 Å². The SMILES string of the molecule is NCC(=O)CCSCC(=O)NCCCC(=O)CCOCCOCCOCCOCCN1CCC(C(=O)O)CC1. The zero-order chi connectivity index (χ0) is 28.6. The summed E-state index contributed by atoms with van der Waals surface area (Å²) in [5.41, 5.74) is 5.23. The highest BCUT2D eigenvalue weighted by molar-refractivity contribution is 7.99. The van der Waals surface area contributed by atoms with E-state index in [4.69, 9.17) is 29.8 Å². The van der Waals surface area contributed by atoms with Crippen molar-refractivity contribution in [2.45, 2.75) is 38.5 Å². The summed E-state index contributed by atoms with van der Waals surface area (Å²) in [6.07, 6.45) is 3.10. The largest absolute Gasteiger partial charge is 0.481 e. The van der Waals surface area contributed by atoms with Crippen molar-refractivity contribution >= 4 is 35.2 Å². The van der Waals surface area contributed by atoms with Gasteiger partial charge >= 0.3 is 5.97 Å². The number of Topliss-reactive ketones (excluding diaryl/α,β-unsaturated/α-hetero) is 2. The Bertz CT molecular complexity index is 692. The van der Waals surface area contributed by atoms with Crippen LogP contribution in [0.3, 0.4) is 0 Å². The lowest BCUT2D eigenvalue weighted by atomic mass is 9.97. The molecular formula is C26H47N3O9S. The summed E-state index contributed by atoms with van der Waals surface area (Å²) in [6, 6.07) is 0. The number of ketones is 2. The van der Waals surface area contributed by atoms with Gasteiger partial charge in [-0.15, -0.1) is 0 Å². The molecule has 0 aromatic carbocycles. The second-order valence-electron chi connectivity index (χ2n) is 9.19. The van der Waals surface area contributed by atoms with Gasteiger partial charge in [-0.1, -0.05) is 0 Å². The number of carbonyl (C=O) groups excluding carboxylic acids is 3. The fourth-order valence-electron chi connectivity index (χ4n) is 3.69. The molecule has 13 heteroatoms. The van der Waals surface area contributed by atoms with Crippen LogP contribution in [0.25, 0.3) is 0 Å². The molecule has 12 nitrogen and oxygen atoms in total. The third-order valence-electron chi connectivity index (χ3n) is 6.07. The molecular weight excluding hydrogens is 530 g/mol. The summed E-state index contributed by atoms with van der Waals surface area (Å²) in [5.74, 6) is -0.0422. The summed E-state index contributed by atoms with van der Waals surface area (Å²) in [5, 5.41) is 11.8. The molecule has 1 fully saturated rings. The maximum Gasteiger partial charge on any atom is 0.306 e. The lowest BCUT2D eigenvalue weighted by molar-refractivity contribution is -0.143. The molecule has 1 amide bonds. The number of hydrogen-bond acceptors (Lipinski definition) is 11. The fraction of sp³-hybridized carbons (Fsp3) is 0.846. The summed E-state index contributed by atoms with van der Waals surface area (Å²) < 4.78 is 21.9. The standard InChI is InChI=1S/C26H47N3O9S/c27-20-24(31)6-19-39-21-25(32)28-7-1-2-23(30)5-11-35-13-15-37-17-18-38-16-14-36-12-10-29-8-3-22(4-9-29)26(33)34/h22H,1-21,27H2,(H,28,32)(H,33,34). The molecule has 0 radical (unpaired) electrons. The Hall–Kier alpha value is -1.61. The Morgan fingerprint density at radius 1 is 0.821 bits per heavy atom. The van der Waals surface area contributed by atoms with Gasteiger partial charge in [0.15, 0.2) is 0 Å². The van der Waals surface area contributed by atoms with Crippen LogP contribution in [0.1, 0.15) is 38.5 Å². The molecule has 0 unspecified atom stereocenters. The first-order valence-electron chi connectivity index (χ1n) is 13.8. The van der Waals surface area contributed by atoms with E-state index in [9.17, 15) is 19.2 Å². The number of carbonyl (C=O) groups is 4. The van der Waals surface area contributed by atoms with E-state index in [1.54, 1.807) is 0 Å². The minimum absolute atomic E-state index is 0.0116. The third kappa shape index (κ3) is 20.9.